The number of likely N-dealkylation sites (tertiary alicyclic amines) is 1. The minimum Gasteiger partial charge on any atom is -0.348 e. The third-order valence-electron chi connectivity index (χ3n) is 10.5. The normalized spacial score (nSPS) is 33.2. The first-order valence-corrected chi connectivity index (χ1v) is 16.0. The molecule has 44 heavy (non-hydrogen) atoms. The summed E-state index contributed by atoms with van der Waals surface area (Å²) in [5, 5.41) is 17.1. The molecule has 4 aliphatic rings. The van der Waals surface area contributed by atoms with Crippen LogP contribution in [0.25, 0.3) is 0 Å². The summed E-state index contributed by atoms with van der Waals surface area (Å²) in [4.78, 5) is 34.3. The van der Waals surface area contributed by atoms with E-state index in [2.05, 4.69) is 54.0 Å². The van der Waals surface area contributed by atoms with Gasteiger partial charge in [-0.15, -0.1) is 0 Å². The van der Waals surface area contributed by atoms with Gasteiger partial charge in [0, 0.05) is 55.8 Å². The molecule has 3 saturated heterocycles. The standard InChI is InChI=1S/C33H48FN7O3/c1-6-26-28(19-33(3)18-22-10-11-23(34)17-27(22)31(43)39(33)5)36-32(44-21-25-9-8-14-38(25)4)37-30(26)40-15-16-41(29(42)7-2)24(20-40)12-13-35/h7,10-11,17,24-26,28,30,32,36-37H,2,6,8-9,12,14-16,18-21H2,1,3-5H3/t24-,25-,26?,28?,30?,32?,33+/m1/s1. The SMILES string of the molecule is C=CC(=O)N1CCN(C2NC(OC[C@H]3CCCN3C)NC(C[C@]3(C)Cc4ccc(F)cc4C(=O)N3C)C2CC)C[C@H]1CC#N. The number of hydrogen-bond acceptors (Lipinski definition) is 8. The lowest BCUT2D eigenvalue weighted by atomic mass is 9.75. The Balaban J connectivity index is 1.40. The Hall–Kier alpha value is -2.88. The van der Waals surface area contributed by atoms with Crippen molar-refractivity contribution in [3.8, 4) is 6.07 Å². The maximum atomic E-state index is 14.0. The molecule has 0 saturated carbocycles. The molecule has 7 atom stereocenters. The molecule has 2 amide bonds. The van der Waals surface area contributed by atoms with Crippen LogP contribution in [0, 0.1) is 23.1 Å². The lowest BCUT2D eigenvalue weighted by molar-refractivity contribution is -0.135. The highest BCUT2D eigenvalue weighted by Gasteiger charge is 2.47. The number of carbonyl (C=O) groups excluding carboxylic acids is 2. The van der Waals surface area contributed by atoms with Gasteiger partial charge in [0.05, 0.1) is 31.3 Å². The van der Waals surface area contributed by atoms with E-state index in [0.717, 1.165) is 31.4 Å². The van der Waals surface area contributed by atoms with E-state index in [0.29, 0.717) is 50.7 Å². The Bertz CT molecular complexity index is 1270. The van der Waals surface area contributed by atoms with Crippen LogP contribution in [0.5, 0.6) is 0 Å². The van der Waals surface area contributed by atoms with Crippen molar-refractivity contribution in [2.75, 3.05) is 46.9 Å². The largest absolute Gasteiger partial charge is 0.348 e. The molecule has 240 valence electrons. The van der Waals surface area contributed by atoms with Crippen LogP contribution in [0.3, 0.4) is 0 Å². The molecule has 5 rings (SSSR count). The monoisotopic (exact) mass is 609 g/mol. The number of halogens is 1. The van der Waals surface area contributed by atoms with Crippen LogP contribution in [0.15, 0.2) is 30.9 Å². The number of fused-ring (bicyclic) bond motifs is 1. The van der Waals surface area contributed by atoms with Crippen LogP contribution < -0.4 is 10.6 Å². The molecule has 1 aromatic rings. The Morgan fingerprint density at radius 1 is 1.25 bits per heavy atom. The van der Waals surface area contributed by atoms with E-state index in [1.807, 2.05) is 7.05 Å². The van der Waals surface area contributed by atoms with Gasteiger partial charge in [-0.05, 0) is 76.4 Å². The molecule has 11 heteroatoms. The molecule has 0 aromatic heterocycles. The fraction of sp³-hybridized carbons (Fsp3) is 0.667. The van der Waals surface area contributed by atoms with Crippen molar-refractivity contribution in [1.29, 1.82) is 5.26 Å². The number of rotatable bonds is 9. The summed E-state index contributed by atoms with van der Waals surface area (Å²) in [7, 11) is 3.96. The van der Waals surface area contributed by atoms with E-state index < -0.39 is 17.7 Å². The number of piperazine rings is 1. The highest BCUT2D eigenvalue weighted by Crippen LogP contribution is 2.37. The number of nitriles is 1. The van der Waals surface area contributed by atoms with Gasteiger partial charge in [0.2, 0.25) is 5.91 Å². The van der Waals surface area contributed by atoms with Crippen LogP contribution in [-0.4, -0.2) is 114 Å². The zero-order valence-electron chi connectivity index (χ0n) is 26.6. The van der Waals surface area contributed by atoms with Gasteiger partial charge < -0.3 is 19.4 Å². The summed E-state index contributed by atoms with van der Waals surface area (Å²) in [6, 6.07) is 6.93. The average Bonchev–Trinajstić information content (AvgIpc) is 3.43. The fourth-order valence-corrected chi connectivity index (χ4v) is 7.81. The summed E-state index contributed by atoms with van der Waals surface area (Å²) >= 11 is 0. The Kier molecular flexibility index (Phi) is 10.1. The van der Waals surface area contributed by atoms with Crippen molar-refractivity contribution in [2.24, 2.45) is 5.92 Å². The second-order valence-electron chi connectivity index (χ2n) is 13.2. The number of amides is 2. The topological polar surface area (TPSA) is 104 Å². The van der Waals surface area contributed by atoms with Crippen molar-refractivity contribution < 1.29 is 18.7 Å². The molecular formula is C33H48FN7O3. The minimum atomic E-state index is -0.496. The number of ether oxygens (including phenoxy) is 1. The molecule has 3 fully saturated rings. The number of nitrogens with zero attached hydrogens (tertiary/aromatic N) is 5. The second-order valence-corrected chi connectivity index (χ2v) is 13.2. The van der Waals surface area contributed by atoms with Crippen molar-refractivity contribution >= 4 is 11.8 Å². The van der Waals surface area contributed by atoms with Gasteiger partial charge in [0.15, 0.2) is 6.35 Å². The molecule has 1 aromatic carbocycles. The molecular weight excluding hydrogens is 561 g/mol. The van der Waals surface area contributed by atoms with Crippen molar-refractivity contribution in [1.82, 2.24) is 30.2 Å². The summed E-state index contributed by atoms with van der Waals surface area (Å²) < 4.78 is 20.6. The fourth-order valence-electron chi connectivity index (χ4n) is 7.81. The van der Waals surface area contributed by atoms with Crippen LogP contribution >= 0.6 is 0 Å². The van der Waals surface area contributed by atoms with E-state index >= 15 is 0 Å². The third kappa shape index (κ3) is 6.56. The van der Waals surface area contributed by atoms with Gasteiger partial charge in [-0.2, -0.15) is 5.26 Å². The number of benzene rings is 1. The first-order valence-electron chi connectivity index (χ1n) is 16.0. The smallest absolute Gasteiger partial charge is 0.254 e. The summed E-state index contributed by atoms with van der Waals surface area (Å²) in [5.41, 5.74) is 0.810. The van der Waals surface area contributed by atoms with Gasteiger partial charge >= 0.3 is 0 Å². The maximum Gasteiger partial charge on any atom is 0.254 e. The van der Waals surface area contributed by atoms with E-state index in [1.54, 1.807) is 15.9 Å². The highest BCUT2D eigenvalue weighted by atomic mass is 19.1. The minimum absolute atomic E-state index is 0.00191. The number of carbonyl (C=O) groups is 2. The molecule has 4 unspecified atom stereocenters. The van der Waals surface area contributed by atoms with Crippen LogP contribution in [0.2, 0.25) is 0 Å². The first kappa shape index (κ1) is 32.5. The predicted molar refractivity (Wildman–Crippen MR) is 166 cm³/mol. The van der Waals surface area contributed by atoms with Crippen molar-refractivity contribution in [3.05, 3.63) is 47.8 Å². The van der Waals surface area contributed by atoms with Crippen molar-refractivity contribution in [3.63, 3.8) is 0 Å². The Morgan fingerprint density at radius 2 is 2.05 bits per heavy atom. The zero-order valence-corrected chi connectivity index (χ0v) is 26.6. The maximum absolute atomic E-state index is 14.0. The Labute approximate surface area is 261 Å². The van der Waals surface area contributed by atoms with Gasteiger partial charge in [0.25, 0.3) is 5.91 Å². The van der Waals surface area contributed by atoms with E-state index in [1.165, 1.54) is 18.2 Å². The van der Waals surface area contributed by atoms with E-state index in [-0.39, 0.29) is 42.4 Å². The van der Waals surface area contributed by atoms with Gasteiger partial charge in [-0.25, -0.2) is 4.39 Å². The molecule has 0 aliphatic carbocycles. The molecule has 4 heterocycles. The lowest BCUT2D eigenvalue weighted by Crippen LogP contribution is -2.72. The zero-order chi connectivity index (χ0) is 31.6. The van der Waals surface area contributed by atoms with E-state index in [9.17, 15) is 19.2 Å². The molecule has 0 bridgehead atoms. The Morgan fingerprint density at radius 3 is 2.73 bits per heavy atom. The molecule has 2 N–H and O–H groups in total. The average molecular weight is 610 g/mol. The molecule has 0 spiro atoms. The third-order valence-corrected chi connectivity index (χ3v) is 10.5. The summed E-state index contributed by atoms with van der Waals surface area (Å²) in [6.07, 6.45) is 5.56. The van der Waals surface area contributed by atoms with Crippen LogP contribution in [-0.2, 0) is 16.0 Å². The van der Waals surface area contributed by atoms with Gasteiger partial charge in [0.1, 0.15) is 5.82 Å². The van der Waals surface area contributed by atoms with E-state index in [4.69, 9.17) is 4.74 Å². The first-order chi connectivity index (χ1) is 21.1. The van der Waals surface area contributed by atoms with Gasteiger partial charge in [-0.1, -0.05) is 19.6 Å². The van der Waals surface area contributed by atoms with Crippen LogP contribution in [0.1, 0.15) is 61.9 Å². The van der Waals surface area contributed by atoms with Crippen molar-refractivity contribution in [2.45, 2.75) is 88.6 Å². The highest BCUT2D eigenvalue weighted by molar-refractivity contribution is 5.97. The van der Waals surface area contributed by atoms with Crippen LogP contribution in [0.4, 0.5) is 4.39 Å². The summed E-state index contributed by atoms with van der Waals surface area (Å²) in [6.45, 7) is 11.4. The summed E-state index contributed by atoms with van der Waals surface area (Å²) in [5.74, 6) is -0.553. The molecule has 0 radical (unpaired) electrons. The second kappa shape index (κ2) is 13.6. The quantitative estimate of drug-likeness (QED) is 0.412. The number of nitrogens with one attached hydrogen (secondary N) is 2. The predicted octanol–water partition coefficient (Wildman–Crippen LogP) is 2.52. The lowest BCUT2D eigenvalue weighted by Gasteiger charge is -2.53. The number of likely N-dealkylation sites (N-methyl/N-ethyl adjacent to an activating group) is 2. The van der Waals surface area contributed by atoms with Gasteiger partial charge in [-0.3, -0.25) is 25.1 Å². The number of hydrogen-bond donors (Lipinski definition) is 2. The molecule has 10 nitrogen and oxygen atoms in total. The molecule has 4 aliphatic heterocycles.